The number of Topliss-reactive ketones (excluding diaryl/α,β-unsaturated/α-hetero) is 1. The fourth-order valence-electron chi connectivity index (χ4n) is 8.85. The average Bonchev–Trinajstić information content (AvgIpc) is 3.35. The van der Waals surface area contributed by atoms with E-state index in [1.165, 1.54) is 38.5 Å². The van der Waals surface area contributed by atoms with E-state index in [9.17, 15) is 4.79 Å². The van der Waals surface area contributed by atoms with Gasteiger partial charge in [-0.3, -0.25) is 4.79 Å². The SMILES string of the molecule is C[C@]12CCC3(CC1=CC[C@H]1[C@@H]4[C@H]5CCC[C@H]5C(=O)[C@@]4(C)CC[C@@H]12)OCCO3. The Morgan fingerprint density at radius 3 is 2.59 bits per heavy atom. The molecule has 0 aromatic carbocycles. The molecule has 3 nitrogen and oxygen atoms in total. The summed E-state index contributed by atoms with van der Waals surface area (Å²) >= 11 is 0. The summed E-state index contributed by atoms with van der Waals surface area (Å²) in [6.07, 6.45) is 13.1. The Morgan fingerprint density at radius 2 is 1.78 bits per heavy atom. The first-order valence-corrected chi connectivity index (χ1v) is 11.5. The highest BCUT2D eigenvalue weighted by Gasteiger charge is 2.65. The van der Waals surface area contributed by atoms with Gasteiger partial charge in [-0.1, -0.05) is 31.9 Å². The number of carbonyl (C=O) groups excluding carboxylic acids is 1. The van der Waals surface area contributed by atoms with Crippen LogP contribution in [0.4, 0.5) is 0 Å². The van der Waals surface area contributed by atoms with Crippen LogP contribution in [0, 0.1) is 40.4 Å². The van der Waals surface area contributed by atoms with Gasteiger partial charge in [0.1, 0.15) is 5.78 Å². The lowest BCUT2D eigenvalue weighted by atomic mass is 9.47. The van der Waals surface area contributed by atoms with Crippen molar-refractivity contribution < 1.29 is 14.3 Å². The van der Waals surface area contributed by atoms with Gasteiger partial charge in [0.15, 0.2) is 5.79 Å². The average molecular weight is 371 g/mol. The number of hydrogen-bond acceptors (Lipinski definition) is 3. The van der Waals surface area contributed by atoms with Crippen LogP contribution in [0.3, 0.4) is 0 Å². The maximum atomic E-state index is 13.3. The first kappa shape index (κ1) is 17.2. The number of fused-ring (bicyclic) bond motifs is 7. The standard InChI is InChI=1S/C24H34O3/c1-22-10-11-24(26-12-13-27-24)14-15(22)6-7-18-19(22)8-9-23(2)20(18)16-4-3-5-17(16)21(23)25/h6,16-20H,3-5,7-14H2,1-2H3/t16-,17+,18+,19-,20-,22-,23-/m0/s1. The molecule has 1 spiro atoms. The van der Waals surface area contributed by atoms with Crippen LogP contribution < -0.4 is 0 Å². The molecule has 3 heteroatoms. The van der Waals surface area contributed by atoms with Crippen molar-refractivity contribution in [3.05, 3.63) is 11.6 Å². The summed E-state index contributed by atoms with van der Waals surface area (Å²) in [6.45, 7) is 6.37. The minimum atomic E-state index is -0.318. The van der Waals surface area contributed by atoms with Gasteiger partial charge in [-0.15, -0.1) is 0 Å². The highest BCUT2D eigenvalue weighted by Crippen LogP contribution is 2.68. The maximum absolute atomic E-state index is 13.3. The molecule has 27 heavy (non-hydrogen) atoms. The summed E-state index contributed by atoms with van der Waals surface area (Å²) in [5.74, 6) is 3.51. The monoisotopic (exact) mass is 370 g/mol. The van der Waals surface area contributed by atoms with Crippen LogP contribution in [0.5, 0.6) is 0 Å². The quantitative estimate of drug-likeness (QED) is 0.569. The molecule has 4 saturated carbocycles. The number of carbonyl (C=O) groups is 1. The van der Waals surface area contributed by atoms with Crippen LogP contribution in [0.2, 0.25) is 0 Å². The van der Waals surface area contributed by atoms with Gasteiger partial charge in [-0.2, -0.15) is 0 Å². The Hall–Kier alpha value is -0.670. The molecular weight excluding hydrogens is 336 g/mol. The van der Waals surface area contributed by atoms with E-state index in [-0.39, 0.29) is 11.2 Å². The number of hydrogen-bond donors (Lipinski definition) is 0. The lowest BCUT2D eigenvalue weighted by molar-refractivity contribution is -0.185. The van der Waals surface area contributed by atoms with Gasteiger partial charge in [0.25, 0.3) is 0 Å². The van der Waals surface area contributed by atoms with Crippen LogP contribution in [0.25, 0.3) is 0 Å². The van der Waals surface area contributed by atoms with Crippen molar-refractivity contribution in [3.63, 3.8) is 0 Å². The first-order valence-electron chi connectivity index (χ1n) is 11.5. The van der Waals surface area contributed by atoms with Crippen molar-refractivity contribution in [2.45, 2.75) is 77.4 Å². The van der Waals surface area contributed by atoms with E-state index in [0.29, 0.717) is 34.9 Å². The third-order valence-corrected chi connectivity index (χ3v) is 10.1. The molecule has 1 aliphatic heterocycles. The van der Waals surface area contributed by atoms with Gasteiger partial charge < -0.3 is 9.47 Å². The zero-order valence-electron chi connectivity index (χ0n) is 17.0. The van der Waals surface area contributed by atoms with Gasteiger partial charge in [-0.25, -0.2) is 0 Å². The molecule has 0 bridgehead atoms. The lowest BCUT2D eigenvalue weighted by Crippen LogP contribution is -2.53. The molecular formula is C24H34O3. The van der Waals surface area contributed by atoms with Crippen LogP contribution in [0.1, 0.15) is 71.6 Å². The second-order valence-corrected chi connectivity index (χ2v) is 11.0. The van der Waals surface area contributed by atoms with Crippen LogP contribution in [0.15, 0.2) is 11.6 Å². The van der Waals surface area contributed by atoms with E-state index < -0.39 is 0 Å². The normalized spacial score (nSPS) is 52.9. The smallest absolute Gasteiger partial charge is 0.172 e. The third-order valence-electron chi connectivity index (χ3n) is 10.1. The van der Waals surface area contributed by atoms with E-state index in [1.54, 1.807) is 5.57 Å². The molecule has 0 unspecified atom stereocenters. The van der Waals surface area contributed by atoms with Crippen molar-refractivity contribution in [2.75, 3.05) is 13.2 Å². The number of allylic oxidation sites excluding steroid dienone is 1. The van der Waals surface area contributed by atoms with Gasteiger partial charge in [0, 0.05) is 24.2 Å². The van der Waals surface area contributed by atoms with Gasteiger partial charge in [0.05, 0.1) is 13.2 Å². The largest absolute Gasteiger partial charge is 0.347 e. The molecule has 0 amide bonds. The Kier molecular flexibility index (Phi) is 3.49. The second kappa shape index (κ2) is 5.48. The van der Waals surface area contributed by atoms with Crippen molar-refractivity contribution in [2.24, 2.45) is 40.4 Å². The molecule has 5 aliphatic carbocycles. The summed E-state index contributed by atoms with van der Waals surface area (Å²) < 4.78 is 12.1. The zero-order valence-corrected chi connectivity index (χ0v) is 17.0. The molecule has 0 aromatic rings. The summed E-state index contributed by atoms with van der Waals surface area (Å²) in [4.78, 5) is 13.3. The summed E-state index contributed by atoms with van der Waals surface area (Å²) in [7, 11) is 0. The molecule has 0 radical (unpaired) electrons. The van der Waals surface area contributed by atoms with Gasteiger partial charge >= 0.3 is 0 Å². The second-order valence-electron chi connectivity index (χ2n) is 11.0. The van der Waals surface area contributed by atoms with Crippen molar-refractivity contribution >= 4 is 5.78 Å². The predicted molar refractivity (Wildman–Crippen MR) is 103 cm³/mol. The van der Waals surface area contributed by atoms with Crippen LogP contribution in [-0.2, 0) is 14.3 Å². The minimum absolute atomic E-state index is 0.0216. The van der Waals surface area contributed by atoms with Crippen LogP contribution in [-0.4, -0.2) is 24.8 Å². The van der Waals surface area contributed by atoms with E-state index >= 15 is 0 Å². The molecule has 5 fully saturated rings. The molecule has 0 aromatic heterocycles. The van der Waals surface area contributed by atoms with Crippen molar-refractivity contribution in [1.29, 1.82) is 0 Å². The lowest BCUT2D eigenvalue weighted by Gasteiger charge is -2.58. The number of ketones is 1. The number of rotatable bonds is 0. The minimum Gasteiger partial charge on any atom is -0.347 e. The predicted octanol–water partition coefficient (Wildman–Crippen LogP) is 4.90. The molecule has 0 N–H and O–H groups in total. The highest BCUT2D eigenvalue weighted by molar-refractivity contribution is 5.90. The Labute approximate surface area is 163 Å². The van der Waals surface area contributed by atoms with E-state index in [4.69, 9.17) is 9.47 Å². The molecule has 148 valence electrons. The van der Waals surface area contributed by atoms with Gasteiger partial charge in [0.2, 0.25) is 0 Å². The zero-order chi connectivity index (χ0) is 18.4. The molecule has 7 atom stereocenters. The molecule has 6 aliphatic rings. The fraction of sp³-hybridized carbons (Fsp3) is 0.875. The Bertz CT molecular complexity index is 704. The summed E-state index contributed by atoms with van der Waals surface area (Å²) in [6, 6.07) is 0. The Morgan fingerprint density at radius 1 is 0.963 bits per heavy atom. The molecule has 6 rings (SSSR count). The van der Waals surface area contributed by atoms with E-state index in [0.717, 1.165) is 38.4 Å². The molecule has 1 heterocycles. The first-order chi connectivity index (χ1) is 13.0. The summed E-state index contributed by atoms with van der Waals surface area (Å²) in [5.41, 5.74) is 1.88. The van der Waals surface area contributed by atoms with Gasteiger partial charge in [-0.05, 0) is 67.6 Å². The third kappa shape index (κ3) is 2.08. The maximum Gasteiger partial charge on any atom is 0.172 e. The van der Waals surface area contributed by atoms with E-state index in [1.807, 2.05) is 0 Å². The Balaban J connectivity index is 1.36. The van der Waals surface area contributed by atoms with Crippen molar-refractivity contribution in [3.8, 4) is 0 Å². The number of ether oxygens (including phenoxy) is 2. The highest BCUT2D eigenvalue weighted by atomic mass is 16.7. The van der Waals surface area contributed by atoms with Crippen molar-refractivity contribution in [1.82, 2.24) is 0 Å². The topological polar surface area (TPSA) is 35.5 Å². The van der Waals surface area contributed by atoms with E-state index in [2.05, 4.69) is 19.9 Å². The molecule has 1 saturated heterocycles. The van der Waals surface area contributed by atoms with Crippen LogP contribution >= 0.6 is 0 Å². The summed E-state index contributed by atoms with van der Waals surface area (Å²) in [5, 5.41) is 0. The fourth-order valence-corrected chi connectivity index (χ4v) is 8.85.